The molecular formula is C17H18N4O2S. The number of hydrogen-bond acceptors (Lipinski definition) is 4. The van der Waals surface area contributed by atoms with Crippen molar-refractivity contribution in [2.75, 3.05) is 0 Å². The zero-order valence-corrected chi connectivity index (χ0v) is 14.2. The second-order valence-corrected chi connectivity index (χ2v) is 6.49. The lowest BCUT2D eigenvalue weighted by atomic mass is 10.2. The molecule has 0 aliphatic heterocycles. The van der Waals surface area contributed by atoms with E-state index >= 15 is 0 Å². The van der Waals surface area contributed by atoms with Gasteiger partial charge in [0.15, 0.2) is 0 Å². The predicted octanol–water partition coefficient (Wildman–Crippen LogP) is 2.62. The number of carbonyl (C=O) groups excluding carboxylic acids is 2. The Morgan fingerprint density at radius 3 is 2.62 bits per heavy atom. The van der Waals surface area contributed by atoms with Crippen molar-refractivity contribution in [3.05, 3.63) is 52.5 Å². The molecule has 0 spiro atoms. The van der Waals surface area contributed by atoms with Crippen molar-refractivity contribution >= 4 is 34.2 Å². The Hall–Kier alpha value is -2.67. The monoisotopic (exact) mass is 342 g/mol. The van der Waals surface area contributed by atoms with E-state index in [4.69, 9.17) is 0 Å². The quantitative estimate of drug-likeness (QED) is 0.666. The summed E-state index contributed by atoms with van der Waals surface area (Å²) in [7, 11) is 0. The standard InChI is InChI=1S/C17H18N4O2S/c1-10(15-20-12-6-3-4-7-13(12)21-15)18-16(22)11(2)19-17(23)14-8-5-9-24-14/h3-11H,1-2H3,(H,18,22)(H,19,23)(H,20,21)/t10-,11-/m1/s1. The summed E-state index contributed by atoms with van der Waals surface area (Å²) in [5.41, 5.74) is 1.78. The van der Waals surface area contributed by atoms with Crippen LogP contribution >= 0.6 is 11.3 Å². The number of H-pyrrole nitrogens is 1. The van der Waals surface area contributed by atoms with E-state index in [0.717, 1.165) is 11.0 Å². The molecule has 0 radical (unpaired) electrons. The SMILES string of the molecule is C[C@@H](NC(=O)c1cccs1)C(=O)N[C@H](C)c1nc2ccccc2[nH]1. The predicted molar refractivity (Wildman–Crippen MR) is 93.9 cm³/mol. The summed E-state index contributed by atoms with van der Waals surface area (Å²) < 4.78 is 0. The van der Waals surface area contributed by atoms with Crippen LogP contribution in [0.1, 0.15) is 35.4 Å². The molecule has 0 unspecified atom stereocenters. The minimum atomic E-state index is -0.633. The first-order valence-corrected chi connectivity index (χ1v) is 8.52. The molecule has 1 aromatic carbocycles. The maximum Gasteiger partial charge on any atom is 0.261 e. The number of hydrogen-bond donors (Lipinski definition) is 3. The fourth-order valence-corrected chi connectivity index (χ4v) is 2.95. The molecule has 0 saturated heterocycles. The van der Waals surface area contributed by atoms with Gasteiger partial charge in [-0.25, -0.2) is 4.98 Å². The van der Waals surface area contributed by atoms with E-state index < -0.39 is 6.04 Å². The molecule has 2 heterocycles. The summed E-state index contributed by atoms with van der Waals surface area (Å²) in [6.45, 7) is 3.51. The van der Waals surface area contributed by atoms with Crippen LogP contribution in [0.2, 0.25) is 0 Å². The van der Waals surface area contributed by atoms with Gasteiger partial charge in [-0.3, -0.25) is 9.59 Å². The number of para-hydroxylation sites is 2. The molecule has 6 nitrogen and oxygen atoms in total. The van der Waals surface area contributed by atoms with Gasteiger partial charge >= 0.3 is 0 Å². The van der Waals surface area contributed by atoms with Crippen LogP contribution in [0.25, 0.3) is 11.0 Å². The van der Waals surface area contributed by atoms with Crippen LogP contribution in [0.15, 0.2) is 41.8 Å². The molecule has 2 aromatic heterocycles. The molecule has 0 aliphatic rings. The lowest BCUT2D eigenvalue weighted by molar-refractivity contribution is -0.123. The molecule has 3 rings (SSSR count). The molecule has 0 fully saturated rings. The molecule has 2 atom stereocenters. The molecule has 7 heteroatoms. The number of thiophene rings is 1. The van der Waals surface area contributed by atoms with Crippen LogP contribution < -0.4 is 10.6 Å². The first-order valence-electron chi connectivity index (χ1n) is 7.64. The third-order valence-corrected chi connectivity index (χ3v) is 4.53. The molecule has 3 N–H and O–H groups in total. The highest BCUT2D eigenvalue weighted by Crippen LogP contribution is 2.15. The molecular weight excluding hydrogens is 324 g/mol. The number of rotatable bonds is 5. The third-order valence-electron chi connectivity index (χ3n) is 3.66. The fraction of sp³-hybridized carbons (Fsp3) is 0.235. The molecule has 0 bridgehead atoms. The van der Waals surface area contributed by atoms with E-state index in [1.54, 1.807) is 19.1 Å². The Labute approximate surface area is 143 Å². The minimum absolute atomic E-state index is 0.246. The van der Waals surface area contributed by atoms with E-state index in [1.807, 2.05) is 36.6 Å². The number of carbonyl (C=O) groups is 2. The largest absolute Gasteiger partial charge is 0.345 e. The maximum absolute atomic E-state index is 12.3. The highest BCUT2D eigenvalue weighted by atomic mass is 32.1. The Bertz CT molecular complexity index is 823. The number of aromatic nitrogens is 2. The summed E-state index contributed by atoms with van der Waals surface area (Å²) in [6, 6.07) is 10.3. The van der Waals surface area contributed by atoms with Crippen molar-refractivity contribution < 1.29 is 9.59 Å². The van der Waals surface area contributed by atoms with Crippen molar-refractivity contribution in [2.24, 2.45) is 0 Å². The van der Waals surface area contributed by atoms with Crippen LogP contribution in [0.5, 0.6) is 0 Å². The topological polar surface area (TPSA) is 86.9 Å². The Kier molecular flexibility index (Phi) is 4.61. The summed E-state index contributed by atoms with van der Waals surface area (Å²) in [6.07, 6.45) is 0. The third kappa shape index (κ3) is 3.46. The minimum Gasteiger partial charge on any atom is -0.345 e. The number of nitrogens with one attached hydrogen (secondary N) is 3. The fourth-order valence-electron chi connectivity index (χ4n) is 2.33. The number of nitrogens with zero attached hydrogens (tertiary/aromatic N) is 1. The van der Waals surface area contributed by atoms with E-state index in [9.17, 15) is 9.59 Å². The lowest BCUT2D eigenvalue weighted by Gasteiger charge is -2.17. The van der Waals surface area contributed by atoms with Crippen molar-refractivity contribution in [3.63, 3.8) is 0 Å². The number of aromatic amines is 1. The zero-order valence-electron chi connectivity index (χ0n) is 13.4. The van der Waals surface area contributed by atoms with Gasteiger partial charge in [-0.1, -0.05) is 18.2 Å². The van der Waals surface area contributed by atoms with Crippen LogP contribution in [-0.4, -0.2) is 27.8 Å². The van der Waals surface area contributed by atoms with Gasteiger partial charge in [-0.15, -0.1) is 11.3 Å². The average molecular weight is 342 g/mol. The maximum atomic E-state index is 12.3. The van der Waals surface area contributed by atoms with E-state index in [-0.39, 0.29) is 17.9 Å². The van der Waals surface area contributed by atoms with Crippen LogP contribution in [0.4, 0.5) is 0 Å². The average Bonchev–Trinajstić information content (AvgIpc) is 3.23. The number of amides is 2. The zero-order chi connectivity index (χ0) is 17.1. The van der Waals surface area contributed by atoms with E-state index in [2.05, 4.69) is 20.6 Å². The second kappa shape index (κ2) is 6.84. The summed E-state index contributed by atoms with van der Waals surface area (Å²) >= 11 is 1.34. The van der Waals surface area contributed by atoms with E-state index in [1.165, 1.54) is 11.3 Å². The number of fused-ring (bicyclic) bond motifs is 1. The lowest BCUT2D eigenvalue weighted by Crippen LogP contribution is -2.45. The Balaban J connectivity index is 1.61. The number of imidazole rings is 1. The van der Waals surface area contributed by atoms with Gasteiger partial charge in [0.2, 0.25) is 5.91 Å². The van der Waals surface area contributed by atoms with Crippen molar-refractivity contribution in [1.29, 1.82) is 0 Å². The molecule has 3 aromatic rings. The van der Waals surface area contributed by atoms with Crippen LogP contribution in [0, 0.1) is 0 Å². The summed E-state index contributed by atoms with van der Waals surface area (Å²) in [4.78, 5) is 32.5. The number of benzene rings is 1. The Morgan fingerprint density at radius 2 is 1.92 bits per heavy atom. The summed E-state index contributed by atoms with van der Waals surface area (Å²) in [5, 5.41) is 7.38. The van der Waals surface area contributed by atoms with Crippen molar-refractivity contribution in [2.45, 2.75) is 25.9 Å². The molecule has 0 aliphatic carbocycles. The normalized spacial score (nSPS) is 13.4. The van der Waals surface area contributed by atoms with Gasteiger partial charge in [0.25, 0.3) is 5.91 Å². The molecule has 24 heavy (non-hydrogen) atoms. The highest BCUT2D eigenvalue weighted by Gasteiger charge is 2.20. The van der Waals surface area contributed by atoms with Crippen molar-refractivity contribution in [1.82, 2.24) is 20.6 Å². The van der Waals surface area contributed by atoms with E-state index in [0.29, 0.717) is 10.7 Å². The Morgan fingerprint density at radius 1 is 1.12 bits per heavy atom. The van der Waals surface area contributed by atoms with Gasteiger partial charge in [0, 0.05) is 0 Å². The smallest absolute Gasteiger partial charge is 0.261 e. The van der Waals surface area contributed by atoms with Gasteiger partial charge < -0.3 is 15.6 Å². The van der Waals surface area contributed by atoms with Crippen molar-refractivity contribution in [3.8, 4) is 0 Å². The van der Waals surface area contributed by atoms with Gasteiger partial charge in [-0.2, -0.15) is 0 Å². The molecule has 2 amide bonds. The van der Waals surface area contributed by atoms with Gasteiger partial charge in [0.05, 0.1) is 22.0 Å². The first-order chi connectivity index (χ1) is 11.5. The van der Waals surface area contributed by atoms with Crippen LogP contribution in [0.3, 0.4) is 0 Å². The molecule has 124 valence electrons. The summed E-state index contributed by atoms with van der Waals surface area (Å²) in [5.74, 6) is 0.179. The second-order valence-electron chi connectivity index (χ2n) is 5.54. The van der Waals surface area contributed by atoms with Gasteiger partial charge in [0.1, 0.15) is 11.9 Å². The first kappa shape index (κ1) is 16.2. The highest BCUT2D eigenvalue weighted by molar-refractivity contribution is 7.12. The van der Waals surface area contributed by atoms with Gasteiger partial charge in [-0.05, 0) is 37.4 Å². The van der Waals surface area contributed by atoms with Crippen LogP contribution in [-0.2, 0) is 4.79 Å². The molecule has 0 saturated carbocycles.